The van der Waals surface area contributed by atoms with Gasteiger partial charge in [-0.05, 0) is 86.2 Å². The molecule has 4 nitrogen and oxygen atoms in total. The molecule has 0 radical (unpaired) electrons. The average molecular weight is 503 g/mol. The van der Waals surface area contributed by atoms with Crippen molar-refractivity contribution in [3.63, 3.8) is 0 Å². The SMILES string of the molecule is Cc1cc(N2C(=S)NC(c3ccccn3)C2c2ccc(C)n2-c2ccccc2)ccc1Br. The molecule has 2 aromatic carbocycles. The molecule has 2 unspecified atom stereocenters. The summed E-state index contributed by atoms with van der Waals surface area (Å²) in [5.74, 6) is 0. The van der Waals surface area contributed by atoms with Crippen LogP contribution in [0.15, 0.2) is 89.5 Å². The van der Waals surface area contributed by atoms with Gasteiger partial charge in [-0.1, -0.05) is 40.2 Å². The number of nitrogens with one attached hydrogen (secondary N) is 1. The van der Waals surface area contributed by atoms with E-state index in [0.717, 1.165) is 27.2 Å². The van der Waals surface area contributed by atoms with E-state index >= 15 is 0 Å². The van der Waals surface area contributed by atoms with Crippen LogP contribution in [0.5, 0.6) is 0 Å². The molecule has 5 rings (SSSR count). The molecule has 1 fully saturated rings. The Morgan fingerprint density at radius 3 is 2.41 bits per heavy atom. The summed E-state index contributed by atoms with van der Waals surface area (Å²) >= 11 is 9.51. The van der Waals surface area contributed by atoms with Crippen molar-refractivity contribution >= 4 is 38.9 Å². The first-order valence-electron chi connectivity index (χ1n) is 10.5. The Hall–Kier alpha value is -2.96. The molecule has 3 heterocycles. The zero-order chi connectivity index (χ0) is 22.2. The summed E-state index contributed by atoms with van der Waals surface area (Å²) in [5.41, 5.74) is 6.67. The second kappa shape index (κ2) is 8.52. The summed E-state index contributed by atoms with van der Waals surface area (Å²) in [6, 6.07) is 27.1. The summed E-state index contributed by atoms with van der Waals surface area (Å²) in [4.78, 5) is 6.90. The van der Waals surface area contributed by atoms with Crippen molar-refractivity contribution in [2.75, 3.05) is 4.90 Å². The van der Waals surface area contributed by atoms with E-state index in [1.54, 1.807) is 0 Å². The number of nitrogens with zero attached hydrogens (tertiary/aromatic N) is 3. The van der Waals surface area contributed by atoms with Gasteiger partial charge < -0.3 is 14.8 Å². The molecule has 0 aliphatic carbocycles. The third kappa shape index (κ3) is 3.63. The normalized spacial score (nSPS) is 18.1. The van der Waals surface area contributed by atoms with E-state index in [1.165, 1.54) is 11.3 Å². The van der Waals surface area contributed by atoms with E-state index < -0.39 is 0 Å². The van der Waals surface area contributed by atoms with Gasteiger partial charge >= 0.3 is 0 Å². The lowest BCUT2D eigenvalue weighted by Gasteiger charge is -2.29. The van der Waals surface area contributed by atoms with Crippen molar-refractivity contribution in [3.8, 4) is 5.69 Å². The lowest BCUT2D eigenvalue weighted by atomic mass is 10.0. The molecule has 1 aliphatic heterocycles. The van der Waals surface area contributed by atoms with Gasteiger partial charge in [-0.2, -0.15) is 0 Å². The molecular weight excluding hydrogens is 480 g/mol. The molecule has 32 heavy (non-hydrogen) atoms. The van der Waals surface area contributed by atoms with Gasteiger partial charge in [0, 0.05) is 33.4 Å². The Morgan fingerprint density at radius 2 is 1.69 bits per heavy atom. The highest BCUT2D eigenvalue weighted by molar-refractivity contribution is 9.10. The first-order valence-corrected chi connectivity index (χ1v) is 11.7. The van der Waals surface area contributed by atoms with Crippen molar-refractivity contribution < 1.29 is 0 Å². The molecule has 1 N–H and O–H groups in total. The summed E-state index contributed by atoms with van der Waals surface area (Å²) in [6.45, 7) is 4.24. The molecule has 0 spiro atoms. The van der Waals surface area contributed by atoms with Crippen LogP contribution in [0.25, 0.3) is 5.69 Å². The van der Waals surface area contributed by atoms with E-state index in [-0.39, 0.29) is 12.1 Å². The van der Waals surface area contributed by atoms with Gasteiger partial charge in [-0.25, -0.2) is 0 Å². The Kier molecular flexibility index (Phi) is 5.57. The fourth-order valence-electron chi connectivity index (χ4n) is 4.43. The fraction of sp³-hybridized carbons (Fsp3) is 0.154. The van der Waals surface area contributed by atoms with Crippen LogP contribution in [0.3, 0.4) is 0 Å². The van der Waals surface area contributed by atoms with E-state index in [4.69, 9.17) is 12.2 Å². The Labute approximate surface area is 202 Å². The maximum atomic E-state index is 5.89. The monoisotopic (exact) mass is 502 g/mol. The molecule has 1 aliphatic rings. The van der Waals surface area contributed by atoms with Crippen LogP contribution >= 0.6 is 28.1 Å². The second-order valence-corrected chi connectivity index (χ2v) is 9.24. The lowest BCUT2D eigenvalue weighted by Crippen LogP contribution is -2.30. The van der Waals surface area contributed by atoms with Crippen LogP contribution in [0.4, 0.5) is 5.69 Å². The molecule has 4 aromatic rings. The first-order chi connectivity index (χ1) is 15.5. The van der Waals surface area contributed by atoms with E-state index in [1.807, 2.05) is 24.4 Å². The second-order valence-electron chi connectivity index (χ2n) is 8.00. The summed E-state index contributed by atoms with van der Waals surface area (Å²) < 4.78 is 3.40. The van der Waals surface area contributed by atoms with Gasteiger partial charge in [-0.15, -0.1) is 0 Å². The van der Waals surface area contributed by atoms with Crippen LogP contribution in [0.1, 0.15) is 34.7 Å². The van der Waals surface area contributed by atoms with Crippen LogP contribution in [0.2, 0.25) is 0 Å². The minimum atomic E-state index is -0.0792. The number of aryl methyl sites for hydroxylation is 2. The number of benzene rings is 2. The number of hydrogen-bond donors (Lipinski definition) is 1. The zero-order valence-electron chi connectivity index (χ0n) is 17.9. The number of rotatable bonds is 4. The highest BCUT2D eigenvalue weighted by Crippen LogP contribution is 2.43. The Morgan fingerprint density at radius 1 is 0.906 bits per heavy atom. The topological polar surface area (TPSA) is 33.1 Å². The first kappa shape index (κ1) is 20.9. The molecule has 2 aromatic heterocycles. The maximum Gasteiger partial charge on any atom is 0.174 e. The number of hydrogen-bond acceptors (Lipinski definition) is 2. The van der Waals surface area contributed by atoms with Gasteiger partial charge in [0.15, 0.2) is 5.11 Å². The number of anilines is 1. The summed E-state index contributed by atoms with van der Waals surface area (Å²) in [5, 5.41) is 4.26. The lowest BCUT2D eigenvalue weighted by molar-refractivity contribution is 0.548. The Balaban J connectivity index is 1.71. The molecular formula is C26H23BrN4S. The van der Waals surface area contributed by atoms with Gasteiger partial charge in [0.25, 0.3) is 0 Å². The van der Waals surface area contributed by atoms with E-state index in [0.29, 0.717) is 5.11 Å². The van der Waals surface area contributed by atoms with Gasteiger partial charge in [0.1, 0.15) is 6.04 Å². The van der Waals surface area contributed by atoms with Crippen molar-refractivity contribution in [2.45, 2.75) is 25.9 Å². The van der Waals surface area contributed by atoms with Crippen LogP contribution < -0.4 is 10.2 Å². The molecule has 2 atom stereocenters. The summed E-state index contributed by atoms with van der Waals surface area (Å²) in [6.07, 6.45) is 1.84. The minimum absolute atomic E-state index is 0.0631. The fourth-order valence-corrected chi connectivity index (χ4v) is 5.02. The number of aromatic nitrogens is 2. The average Bonchev–Trinajstić information content (AvgIpc) is 3.36. The van der Waals surface area contributed by atoms with Crippen molar-refractivity contribution in [2.24, 2.45) is 0 Å². The standard InChI is InChI=1S/C26H23BrN4S/c1-17-16-20(12-13-21(17)27)31-25(24(29-26(31)32)22-10-6-7-15-28-22)23-14-11-18(2)30(23)19-8-4-3-5-9-19/h3-16,24-25H,1-2H3,(H,29,32). The molecule has 0 bridgehead atoms. The summed E-state index contributed by atoms with van der Waals surface area (Å²) in [7, 11) is 0. The highest BCUT2D eigenvalue weighted by atomic mass is 79.9. The molecule has 0 amide bonds. The molecule has 0 saturated carbocycles. The number of thiocarbonyl (C=S) groups is 1. The largest absolute Gasteiger partial charge is 0.351 e. The predicted molar refractivity (Wildman–Crippen MR) is 137 cm³/mol. The maximum absolute atomic E-state index is 5.89. The smallest absolute Gasteiger partial charge is 0.174 e. The van der Waals surface area contributed by atoms with Crippen molar-refractivity contribution in [1.82, 2.24) is 14.9 Å². The molecule has 6 heteroatoms. The third-order valence-corrected chi connectivity index (χ3v) is 7.15. The zero-order valence-corrected chi connectivity index (χ0v) is 20.3. The van der Waals surface area contributed by atoms with E-state index in [2.05, 4.69) is 110 Å². The van der Waals surface area contributed by atoms with Gasteiger partial charge in [-0.3, -0.25) is 4.98 Å². The van der Waals surface area contributed by atoms with Crippen molar-refractivity contribution in [3.05, 3.63) is 112 Å². The quantitative estimate of drug-likeness (QED) is 0.326. The molecule has 1 saturated heterocycles. The predicted octanol–water partition coefficient (Wildman–Crippen LogP) is 6.43. The van der Waals surface area contributed by atoms with Crippen molar-refractivity contribution in [1.29, 1.82) is 0 Å². The number of para-hydroxylation sites is 1. The van der Waals surface area contributed by atoms with E-state index in [9.17, 15) is 0 Å². The Bertz CT molecular complexity index is 1270. The van der Waals surface area contributed by atoms with Gasteiger partial charge in [0.2, 0.25) is 0 Å². The number of halogens is 1. The minimum Gasteiger partial charge on any atom is -0.351 e. The van der Waals surface area contributed by atoms with Crippen LogP contribution in [-0.2, 0) is 0 Å². The van der Waals surface area contributed by atoms with Crippen LogP contribution in [-0.4, -0.2) is 14.7 Å². The van der Waals surface area contributed by atoms with Crippen LogP contribution in [0, 0.1) is 13.8 Å². The van der Waals surface area contributed by atoms with Gasteiger partial charge in [0.05, 0.1) is 11.7 Å². The third-order valence-electron chi connectivity index (χ3n) is 5.94. The highest BCUT2D eigenvalue weighted by Gasteiger charge is 2.42. The number of pyridine rings is 1. The molecule has 160 valence electrons.